The molecule has 40 heavy (non-hydrogen) atoms. The van der Waals surface area contributed by atoms with Gasteiger partial charge in [-0.25, -0.2) is 0 Å². The molecule has 204 valence electrons. The van der Waals surface area contributed by atoms with E-state index in [0.29, 0.717) is 29.8 Å². The number of pyridine rings is 2. The van der Waals surface area contributed by atoms with Crippen LogP contribution in [-0.4, -0.2) is 31.7 Å². The van der Waals surface area contributed by atoms with Crippen molar-refractivity contribution in [1.82, 2.24) is 9.97 Å². The number of hydrogen-bond acceptors (Lipinski definition) is 5. The molecular formula is C34H35N3O3. The zero-order valence-electron chi connectivity index (χ0n) is 23.0. The van der Waals surface area contributed by atoms with E-state index in [1.54, 1.807) is 19.3 Å². The molecule has 2 heterocycles. The molecule has 0 radical (unpaired) electrons. The van der Waals surface area contributed by atoms with Gasteiger partial charge in [-0.1, -0.05) is 42.5 Å². The Morgan fingerprint density at radius 2 is 1.75 bits per heavy atom. The predicted octanol–water partition coefficient (Wildman–Crippen LogP) is 5.51. The van der Waals surface area contributed by atoms with Crippen LogP contribution >= 0.6 is 0 Å². The van der Waals surface area contributed by atoms with Crippen molar-refractivity contribution in [2.75, 3.05) is 5.32 Å². The first-order valence-corrected chi connectivity index (χ1v) is 14.0. The second-order valence-corrected chi connectivity index (χ2v) is 11.7. The van der Waals surface area contributed by atoms with Gasteiger partial charge in [0.05, 0.1) is 22.7 Å². The Morgan fingerprint density at radius 3 is 2.50 bits per heavy atom. The topological polar surface area (TPSA) is 95.3 Å². The molecule has 6 heteroatoms. The minimum Gasteiger partial charge on any atom is -0.387 e. The fourth-order valence-corrected chi connectivity index (χ4v) is 7.19. The van der Waals surface area contributed by atoms with Crippen LogP contribution in [0, 0.1) is 12.8 Å². The van der Waals surface area contributed by atoms with Crippen molar-refractivity contribution in [2.24, 2.45) is 5.92 Å². The van der Waals surface area contributed by atoms with Crippen molar-refractivity contribution in [3.05, 3.63) is 125 Å². The molecule has 6 nitrogen and oxygen atoms in total. The molecule has 1 amide bonds. The first-order chi connectivity index (χ1) is 19.2. The van der Waals surface area contributed by atoms with Crippen molar-refractivity contribution >= 4 is 11.6 Å². The van der Waals surface area contributed by atoms with Crippen LogP contribution in [0.4, 0.5) is 5.69 Å². The summed E-state index contributed by atoms with van der Waals surface area (Å²) in [5, 5.41) is 27.1. The standard InChI is InChI=1S/C34H35N3O3/c1-23-29(11-8-18-35-23)37-31(38)26-14-16-28-25(19-26)13-15-27-21-34(40,30-12-6-7-17-36-30)32(2,39)22-33(27,28)20-24-9-4-3-5-10-24/h3-12,14,16-19,27,39-40H,13,15,20-22H2,1-2H3,(H,37,38)/t27-,32-,33?,34-/m1/s1. The number of nitrogens with one attached hydrogen (secondary N) is 1. The maximum Gasteiger partial charge on any atom is 0.255 e. The molecule has 3 N–H and O–H groups in total. The summed E-state index contributed by atoms with van der Waals surface area (Å²) in [5.41, 5.74) is 2.76. The fraction of sp³-hybridized carbons (Fsp3) is 0.324. The number of carbonyl (C=O) groups excluding carboxylic acids is 1. The fourth-order valence-electron chi connectivity index (χ4n) is 7.19. The SMILES string of the molecule is Cc1ncccc1NC(=O)c1ccc2c(c1)CC[C@@H]1C[C@@](O)(c3ccccn3)[C@](C)(O)CC21Cc1ccccc1. The Kier molecular flexibility index (Phi) is 6.56. The van der Waals surface area contributed by atoms with Crippen molar-refractivity contribution in [3.8, 4) is 0 Å². The molecule has 1 unspecified atom stereocenters. The van der Waals surface area contributed by atoms with E-state index < -0.39 is 16.6 Å². The second-order valence-electron chi connectivity index (χ2n) is 11.7. The normalized spacial score (nSPS) is 27.4. The predicted molar refractivity (Wildman–Crippen MR) is 155 cm³/mol. The first-order valence-electron chi connectivity index (χ1n) is 14.0. The zero-order valence-corrected chi connectivity index (χ0v) is 23.0. The number of nitrogens with zero attached hydrogens (tertiary/aromatic N) is 2. The number of rotatable bonds is 5. The van der Waals surface area contributed by atoms with Gasteiger partial charge in [-0.2, -0.15) is 0 Å². The number of amides is 1. The van der Waals surface area contributed by atoms with Crippen molar-refractivity contribution in [1.29, 1.82) is 0 Å². The van der Waals surface area contributed by atoms with Crippen LogP contribution in [0.2, 0.25) is 0 Å². The molecule has 4 aromatic rings. The summed E-state index contributed by atoms with van der Waals surface area (Å²) >= 11 is 0. The Balaban J connectivity index is 1.41. The number of aliphatic hydroxyl groups is 2. The molecule has 1 saturated carbocycles. The number of benzene rings is 2. The summed E-state index contributed by atoms with van der Waals surface area (Å²) in [6, 6.07) is 25.5. The lowest BCUT2D eigenvalue weighted by molar-refractivity contribution is -0.206. The molecule has 0 spiro atoms. The Labute approximate surface area is 235 Å². The second kappa shape index (κ2) is 9.95. The third-order valence-electron chi connectivity index (χ3n) is 9.25. The average molecular weight is 534 g/mol. The molecule has 4 atom stereocenters. The number of aromatic nitrogens is 2. The summed E-state index contributed by atoms with van der Waals surface area (Å²) in [6.07, 6.45) is 6.54. The van der Waals surface area contributed by atoms with Gasteiger partial charge in [-0.05, 0) is 105 Å². The van der Waals surface area contributed by atoms with Gasteiger partial charge in [0.2, 0.25) is 0 Å². The Morgan fingerprint density at radius 1 is 0.975 bits per heavy atom. The number of anilines is 1. The maximum atomic E-state index is 13.2. The van der Waals surface area contributed by atoms with Gasteiger partial charge in [0.25, 0.3) is 5.91 Å². The highest BCUT2D eigenvalue weighted by Gasteiger charge is 2.62. The molecular weight excluding hydrogens is 498 g/mol. The van der Waals surface area contributed by atoms with Crippen LogP contribution in [0.25, 0.3) is 0 Å². The smallest absolute Gasteiger partial charge is 0.255 e. The monoisotopic (exact) mass is 533 g/mol. The summed E-state index contributed by atoms with van der Waals surface area (Å²) in [5.74, 6) is -0.0524. The number of fused-ring (bicyclic) bond motifs is 3. The largest absolute Gasteiger partial charge is 0.387 e. The number of carbonyl (C=O) groups is 1. The van der Waals surface area contributed by atoms with E-state index in [1.165, 1.54) is 5.56 Å². The van der Waals surface area contributed by atoms with Crippen molar-refractivity contribution in [3.63, 3.8) is 0 Å². The van der Waals surface area contributed by atoms with Gasteiger partial charge in [0.1, 0.15) is 5.60 Å². The summed E-state index contributed by atoms with van der Waals surface area (Å²) in [6.45, 7) is 3.62. The van der Waals surface area contributed by atoms with Gasteiger partial charge < -0.3 is 15.5 Å². The number of hydrogen-bond donors (Lipinski definition) is 3. The quantitative estimate of drug-likeness (QED) is 0.314. The van der Waals surface area contributed by atoms with Gasteiger partial charge in [-0.3, -0.25) is 14.8 Å². The van der Waals surface area contributed by atoms with E-state index in [9.17, 15) is 15.0 Å². The summed E-state index contributed by atoms with van der Waals surface area (Å²) < 4.78 is 0. The van der Waals surface area contributed by atoms with E-state index in [0.717, 1.165) is 36.1 Å². The highest BCUT2D eigenvalue weighted by Crippen LogP contribution is 2.59. The van der Waals surface area contributed by atoms with Crippen LogP contribution < -0.4 is 5.32 Å². The maximum absolute atomic E-state index is 13.2. The molecule has 0 aliphatic heterocycles. The van der Waals surface area contributed by atoms with Gasteiger partial charge in [0.15, 0.2) is 0 Å². The molecule has 1 fully saturated rings. The summed E-state index contributed by atoms with van der Waals surface area (Å²) in [4.78, 5) is 22.0. The molecule has 0 saturated heterocycles. The van der Waals surface area contributed by atoms with Crippen LogP contribution in [-0.2, 0) is 23.9 Å². The highest BCUT2D eigenvalue weighted by atomic mass is 16.4. The molecule has 2 aliphatic carbocycles. The lowest BCUT2D eigenvalue weighted by Crippen LogP contribution is -2.63. The van der Waals surface area contributed by atoms with Crippen LogP contribution in [0.5, 0.6) is 0 Å². The average Bonchev–Trinajstić information content (AvgIpc) is 2.96. The van der Waals surface area contributed by atoms with E-state index in [4.69, 9.17) is 0 Å². The van der Waals surface area contributed by atoms with E-state index in [2.05, 4.69) is 33.5 Å². The van der Waals surface area contributed by atoms with Gasteiger partial charge >= 0.3 is 0 Å². The molecule has 0 bridgehead atoms. The highest BCUT2D eigenvalue weighted by molar-refractivity contribution is 6.04. The Hall–Kier alpha value is -3.87. The molecule has 2 aliphatic rings. The zero-order chi connectivity index (χ0) is 28.0. The third-order valence-corrected chi connectivity index (χ3v) is 9.25. The van der Waals surface area contributed by atoms with E-state index >= 15 is 0 Å². The van der Waals surface area contributed by atoms with Crippen molar-refractivity contribution in [2.45, 2.75) is 62.6 Å². The Bertz CT molecular complexity index is 1540. The first kappa shape index (κ1) is 26.4. The van der Waals surface area contributed by atoms with Crippen LogP contribution in [0.1, 0.15) is 64.6 Å². The molecule has 6 rings (SSSR count). The summed E-state index contributed by atoms with van der Waals surface area (Å²) in [7, 11) is 0. The minimum absolute atomic E-state index is 0.116. The third kappa shape index (κ3) is 4.41. The molecule has 2 aromatic heterocycles. The van der Waals surface area contributed by atoms with Crippen molar-refractivity contribution < 1.29 is 15.0 Å². The van der Waals surface area contributed by atoms with E-state index in [1.807, 2.05) is 67.6 Å². The van der Waals surface area contributed by atoms with Gasteiger partial charge in [-0.15, -0.1) is 0 Å². The van der Waals surface area contributed by atoms with Crippen LogP contribution in [0.3, 0.4) is 0 Å². The lowest BCUT2D eigenvalue weighted by Gasteiger charge is -2.59. The molecule has 2 aromatic carbocycles. The van der Waals surface area contributed by atoms with E-state index in [-0.39, 0.29) is 11.8 Å². The number of aryl methyl sites for hydroxylation is 2. The lowest BCUT2D eigenvalue weighted by atomic mass is 9.48. The minimum atomic E-state index is -1.46. The van der Waals surface area contributed by atoms with Crippen LogP contribution in [0.15, 0.2) is 91.3 Å². The van der Waals surface area contributed by atoms with Gasteiger partial charge in [0, 0.05) is 23.4 Å².